The van der Waals surface area contributed by atoms with Crippen LogP contribution in [0, 0.1) is 0 Å². The smallest absolute Gasteiger partial charge is 0.0479 e. The Morgan fingerprint density at radius 2 is 2.06 bits per heavy atom. The van der Waals surface area contributed by atoms with Gasteiger partial charge in [0.15, 0.2) is 0 Å². The summed E-state index contributed by atoms with van der Waals surface area (Å²) >= 11 is 2.15. The van der Waals surface area contributed by atoms with Gasteiger partial charge in [0.05, 0.1) is 0 Å². The number of rotatable bonds is 2. The van der Waals surface area contributed by atoms with Gasteiger partial charge in [-0.25, -0.2) is 0 Å². The van der Waals surface area contributed by atoms with Crippen molar-refractivity contribution in [2.45, 2.75) is 37.0 Å². The maximum absolute atomic E-state index is 6.11. The van der Waals surface area contributed by atoms with E-state index in [0.717, 1.165) is 19.8 Å². The van der Waals surface area contributed by atoms with E-state index in [-0.39, 0.29) is 5.54 Å². The summed E-state index contributed by atoms with van der Waals surface area (Å²) in [5.41, 5.74) is 6.04. The van der Waals surface area contributed by atoms with Gasteiger partial charge in [0.1, 0.15) is 0 Å². The molecule has 0 amide bonds. The van der Waals surface area contributed by atoms with E-state index in [0.29, 0.717) is 4.75 Å². The molecule has 2 aliphatic heterocycles. The summed E-state index contributed by atoms with van der Waals surface area (Å²) in [7, 11) is 0. The van der Waals surface area contributed by atoms with Crippen molar-refractivity contribution in [2.75, 3.05) is 38.6 Å². The Balaban J connectivity index is 1.92. The highest BCUT2D eigenvalue weighted by molar-refractivity contribution is 8.00. The molecule has 1 spiro atoms. The summed E-state index contributed by atoms with van der Waals surface area (Å²) in [5.74, 6) is 1.25. The summed E-state index contributed by atoms with van der Waals surface area (Å²) in [5, 5.41) is 0. The van der Waals surface area contributed by atoms with Crippen LogP contribution in [0.15, 0.2) is 0 Å². The Hall–Kier alpha value is 0.230. The molecular weight excluding hydrogens is 220 g/mol. The van der Waals surface area contributed by atoms with Crippen molar-refractivity contribution < 1.29 is 4.74 Å². The van der Waals surface area contributed by atoms with Crippen molar-refractivity contribution in [3.05, 3.63) is 0 Å². The Labute approximate surface area is 103 Å². The lowest BCUT2D eigenvalue weighted by molar-refractivity contribution is 0.0611. The van der Waals surface area contributed by atoms with E-state index in [9.17, 15) is 0 Å². The Morgan fingerprint density at radius 1 is 1.38 bits per heavy atom. The minimum absolute atomic E-state index is 0.0750. The van der Waals surface area contributed by atoms with Crippen LogP contribution in [0.3, 0.4) is 0 Å². The molecule has 16 heavy (non-hydrogen) atoms. The lowest BCUT2D eigenvalue weighted by Crippen LogP contribution is -2.54. The topological polar surface area (TPSA) is 38.5 Å². The Kier molecular flexibility index (Phi) is 3.84. The number of hydrogen-bond acceptors (Lipinski definition) is 4. The van der Waals surface area contributed by atoms with Gasteiger partial charge in [0.25, 0.3) is 0 Å². The van der Waals surface area contributed by atoms with E-state index in [1.165, 1.54) is 31.7 Å². The zero-order valence-corrected chi connectivity index (χ0v) is 11.3. The van der Waals surface area contributed by atoms with Crippen LogP contribution in [0.4, 0.5) is 0 Å². The van der Waals surface area contributed by atoms with Crippen LogP contribution in [-0.4, -0.2) is 53.8 Å². The fourth-order valence-electron chi connectivity index (χ4n) is 2.68. The molecule has 2 heterocycles. The van der Waals surface area contributed by atoms with E-state index < -0.39 is 0 Å². The molecule has 0 aromatic heterocycles. The van der Waals surface area contributed by atoms with Gasteiger partial charge >= 0.3 is 0 Å². The first-order valence-corrected chi connectivity index (χ1v) is 7.21. The van der Waals surface area contributed by atoms with Gasteiger partial charge in [-0.3, -0.25) is 4.90 Å². The number of hydrogen-bond donors (Lipinski definition) is 1. The molecule has 2 saturated heterocycles. The lowest BCUT2D eigenvalue weighted by Gasteiger charge is -2.45. The Bertz CT molecular complexity index is 228. The molecule has 2 rings (SSSR count). The molecule has 0 aliphatic carbocycles. The fourth-order valence-corrected chi connectivity index (χ4v) is 4.19. The van der Waals surface area contributed by atoms with Gasteiger partial charge < -0.3 is 10.5 Å². The van der Waals surface area contributed by atoms with Gasteiger partial charge in [-0.05, 0) is 26.7 Å². The molecule has 0 aromatic carbocycles. The SMILES string of the molecule is CC(C)(N)CN1CCSC2(CCOCC2)C1. The van der Waals surface area contributed by atoms with Crippen LogP contribution in [0.5, 0.6) is 0 Å². The summed E-state index contributed by atoms with van der Waals surface area (Å²) in [4.78, 5) is 2.54. The van der Waals surface area contributed by atoms with Crippen molar-refractivity contribution in [1.29, 1.82) is 0 Å². The standard InChI is InChI=1S/C12H24N2OS/c1-11(2,13)9-14-5-8-16-12(10-14)3-6-15-7-4-12/h3-10,13H2,1-2H3. The summed E-state index contributed by atoms with van der Waals surface area (Å²) < 4.78 is 5.94. The molecule has 4 heteroatoms. The third-order valence-electron chi connectivity index (χ3n) is 3.36. The highest BCUT2D eigenvalue weighted by atomic mass is 32.2. The van der Waals surface area contributed by atoms with Crippen molar-refractivity contribution >= 4 is 11.8 Å². The van der Waals surface area contributed by atoms with Crippen LogP contribution in [0.2, 0.25) is 0 Å². The first-order chi connectivity index (χ1) is 7.49. The summed E-state index contributed by atoms with van der Waals surface area (Å²) in [6.45, 7) is 9.50. The predicted octanol–water partition coefficient (Wildman–Crippen LogP) is 1.32. The second kappa shape index (κ2) is 4.84. The van der Waals surface area contributed by atoms with E-state index in [4.69, 9.17) is 10.5 Å². The maximum atomic E-state index is 6.11. The molecule has 0 aromatic rings. The van der Waals surface area contributed by atoms with Crippen molar-refractivity contribution in [1.82, 2.24) is 4.90 Å². The highest BCUT2D eigenvalue weighted by Crippen LogP contribution is 2.39. The second-order valence-corrected chi connectivity index (χ2v) is 7.41. The average molecular weight is 244 g/mol. The molecule has 2 fully saturated rings. The predicted molar refractivity (Wildman–Crippen MR) is 69.9 cm³/mol. The van der Waals surface area contributed by atoms with Crippen LogP contribution in [-0.2, 0) is 4.74 Å². The van der Waals surface area contributed by atoms with Gasteiger partial charge in [0.2, 0.25) is 0 Å². The maximum Gasteiger partial charge on any atom is 0.0479 e. The minimum Gasteiger partial charge on any atom is -0.381 e. The monoisotopic (exact) mass is 244 g/mol. The molecule has 2 N–H and O–H groups in total. The molecule has 0 unspecified atom stereocenters. The van der Waals surface area contributed by atoms with E-state index in [1.807, 2.05) is 0 Å². The second-order valence-electron chi connectivity index (χ2n) is 5.84. The number of nitrogens with two attached hydrogens (primary N) is 1. The summed E-state index contributed by atoms with van der Waals surface area (Å²) in [6.07, 6.45) is 2.42. The van der Waals surface area contributed by atoms with Gasteiger partial charge in [-0.1, -0.05) is 0 Å². The van der Waals surface area contributed by atoms with Crippen LogP contribution in [0.1, 0.15) is 26.7 Å². The zero-order valence-electron chi connectivity index (χ0n) is 10.5. The fraction of sp³-hybridized carbons (Fsp3) is 1.00. The van der Waals surface area contributed by atoms with Crippen molar-refractivity contribution in [2.24, 2.45) is 5.73 Å². The molecule has 0 radical (unpaired) electrons. The summed E-state index contributed by atoms with van der Waals surface area (Å²) in [6, 6.07) is 0. The van der Waals surface area contributed by atoms with Crippen molar-refractivity contribution in [3.8, 4) is 0 Å². The van der Waals surface area contributed by atoms with E-state index in [1.54, 1.807) is 0 Å². The minimum atomic E-state index is -0.0750. The molecule has 0 saturated carbocycles. The van der Waals surface area contributed by atoms with Gasteiger partial charge in [0, 0.05) is 48.9 Å². The lowest BCUT2D eigenvalue weighted by atomic mass is 9.96. The average Bonchev–Trinajstić information content (AvgIpc) is 2.16. The quantitative estimate of drug-likeness (QED) is 0.795. The molecule has 0 bridgehead atoms. The van der Waals surface area contributed by atoms with Crippen LogP contribution >= 0.6 is 11.8 Å². The van der Waals surface area contributed by atoms with Crippen LogP contribution in [0.25, 0.3) is 0 Å². The largest absolute Gasteiger partial charge is 0.381 e. The van der Waals surface area contributed by atoms with Crippen molar-refractivity contribution in [3.63, 3.8) is 0 Å². The molecule has 0 atom stereocenters. The Morgan fingerprint density at radius 3 is 2.69 bits per heavy atom. The van der Waals surface area contributed by atoms with E-state index >= 15 is 0 Å². The number of nitrogens with zero attached hydrogens (tertiary/aromatic N) is 1. The van der Waals surface area contributed by atoms with Gasteiger partial charge in [-0.15, -0.1) is 0 Å². The first-order valence-electron chi connectivity index (χ1n) is 6.22. The zero-order chi connectivity index (χ0) is 11.6. The first kappa shape index (κ1) is 12.7. The molecule has 94 valence electrons. The number of ether oxygens (including phenoxy) is 1. The van der Waals surface area contributed by atoms with Crippen LogP contribution < -0.4 is 5.73 Å². The van der Waals surface area contributed by atoms with E-state index in [2.05, 4.69) is 30.5 Å². The number of thioether (sulfide) groups is 1. The van der Waals surface area contributed by atoms with Gasteiger partial charge in [-0.2, -0.15) is 11.8 Å². The molecule has 2 aliphatic rings. The normalized spacial score (nSPS) is 27.2. The third kappa shape index (κ3) is 3.36. The molecular formula is C12H24N2OS. The molecule has 3 nitrogen and oxygen atoms in total. The third-order valence-corrected chi connectivity index (χ3v) is 4.90. The highest BCUT2D eigenvalue weighted by Gasteiger charge is 2.38.